The molecule has 1 aromatic heterocycles. The molecule has 0 bridgehead atoms. The summed E-state index contributed by atoms with van der Waals surface area (Å²) in [7, 11) is 0. The molecule has 0 unspecified atom stereocenters. The first-order chi connectivity index (χ1) is 10.3. The first-order valence-electron chi connectivity index (χ1n) is 7.86. The highest BCUT2D eigenvalue weighted by Crippen LogP contribution is 2.15. The molecule has 3 rings (SSSR count). The lowest BCUT2D eigenvalue weighted by Gasteiger charge is -2.34. The second-order valence-corrected chi connectivity index (χ2v) is 5.69. The molecule has 2 aliphatic rings. The number of carbonyl (C=O) groups is 1. The maximum absolute atomic E-state index is 12.4. The highest BCUT2D eigenvalue weighted by atomic mass is 16.2. The van der Waals surface area contributed by atoms with Gasteiger partial charge in [-0.2, -0.15) is 0 Å². The first kappa shape index (κ1) is 14.3. The van der Waals surface area contributed by atoms with E-state index in [0.29, 0.717) is 5.56 Å². The molecule has 0 saturated carbocycles. The van der Waals surface area contributed by atoms with E-state index in [0.717, 1.165) is 51.8 Å². The maximum atomic E-state index is 12.4. The van der Waals surface area contributed by atoms with Crippen LogP contribution < -0.4 is 4.90 Å². The van der Waals surface area contributed by atoms with E-state index < -0.39 is 0 Å². The third-order valence-corrected chi connectivity index (χ3v) is 4.38. The van der Waals surface area contributed by atoms with E-state index in [2.05, 4.69) is 26.7 Å². The van der Waals surface area contributed by atoms with Crippen LogP contribution in [0, 0.1) is 0 Å². The van der Waals surface area contributed by atoms with Gasteiger partial charge in [-0.25, -0.2) is 9.97 Å². The van der Waals surface area contributed by atoms with Gasteiger partial charge in [-0.1, -0.05) is 6.92 Å². The molecule has 21 heavy (non-hydrogen) atoms. The molecule has 0 atom stereocenters. The van der Waals surface area contributed by atoms with Gasteiger partial charge in [0.2, 0.25) is 5.95 Å². The topological polar surface area (TPSA) is 52.6 Å². The molecule has 114 valence electrons. The van der Waals surface area contributed by atoms with Crippen molar-refractivity contribution in [3.63, 3.8) is 0 Å². The number of hydrogen-bond acceptors (Lipinski definition) is 5. The van der Waals surface area contributed by atoms with Crippen LogP contribution >= 0.6 is 0 Å². The molecule has 0 radical (unpaired) electrons. The Hall–Kier alpha value is -1.69. The smallest absolute Gasteiger partial charge is 0.257 e. The van der Waals surface area contributed by atoms with E-state index in [-0.39, 0.29) is 5.91 Å². The van der Waals surface area contributed by atoms with E-state index in [9.17, 15) is 4.79 Å². The third kappa shape index (κ3) is 3.15. The van der Waals surface area contributed by atoms with Crippen molar-refractivity contribution in [2.75, 3.05) is 50.7 Å². The van der Waals surface area contributed by atoms with Crippen LogP contribution in [-0.4, -0.2) is 71.5 Å². The predicted molar refractivity (Wildman–Crippen MR) is 81.5 cm³/mol. The summed E-state index contributed by atoms with van der Waals surface area (Å²) in [6, 6.07) is 0. The van der Waals surface area contributed by atoms with Crippen molar-refractivity contribution in [3.8, 4) is 0 Å². The monoisotopic (exact) mass is 289 g/mol. The predicted octanol–water partition coefficient (Wildman–Crippen LogP) is 0.854. The van der Waals surface area contributed by atoms with Gasteiger partial charge in [-0.3, -0.25) is 4.79 Å². The molecule has 1 amide bonds. The summed E-state index contributed by atoms with van der Waals surface area (Å²) in [6.07, 6.45) is 5.75. The van der Waals surface area contributed by atoms with Gasteiger partial charge < -0.3 is 14.7 Å². The van der Waals surface area contributed by atoms with Crippen LogP contribution in [-0.2, 0) is 0 Å². The molecule has 6 nitrogen and oxygen atoms in total. The maximum Gasteiger partial charge on any atom is 0.257 e. The van der Waals surface area contributed by atoms with Gasteiger partial charge in [0.1, 0.15) is 0 Å². The highest BCUT2D eigenvalue weighted by Gasteiger charge is 2.22. The van der Waals surface area contributed by atoms with Crippen LogP contribution in [0.5, 0.6) is 0 Å². The SMILES string of the molecule is CCN1CCN(C(=O)c2cnc(N3CCCC3)nc2)CC1. The zero-order chi connectivity index (χ0) is 14.7. The number of amides is 1. The van der Waals surface area contributed by atoms with Gasteiger partial charge in [0.05, 0.1) is 5.56 Å². The molecule has 0 spiro atoms. The fourth-order valence-corrected chi connectivity index (χ4v) is 2.96. The number of aromatic nitrogens is 2. The Morgan fingerprint density at radius 3 is 2.24 bits per heavy atom. The number of carbonyl (C=O) groups excluding carboxylic acids is 1. The average Bonchev–Trinajstić information content (AvgIpc) is 3.09. The molecule has 3 heterocycles. The molecule has 0 N–H and O–H groups in total. The average molecular weight is 289 g/mol. The summed E-state index contributed by atoms with van der Waals surface area (Å²) in [6.45, 7) is 8.74. The quantitative estimate of drug-likeness (QED) is 0.826. The molecule has 2 aliphatic heterocycles. The number of piperazine rings is 1. The van der Waals surface area contributed by atoms with Crippen molar-refractivity contribution in [3.05, 3.63) is 18.0 Å². The van der Waals surface area contributed by atoms with Gasteiger partial charge in [0, 0.05) is 51.7 Å². The number of anilines is 1. The number of nitrogens with zero attached hydrogens (tertiary/aromatic N) is 5. The van der Waals surface area contributed by atoms with Gasteiger partial charge >= 0.3 is 0 Å². The third-order valence-electron chi connectivity index (χ3n) is 4.38. The van der Waals surface area contributed by atoms with Crippen LogP contribution in [0.3, 0.4) is 0 Å². The Morgan fingerprint density at radius 1 is 1.05 bits per heavy atom. The largest absolute Gasteiger partial charge is 0.341 e. The van der Waals surface area contributed by atoms with Crippen molar-refractivity contribution in [2.24, 2.45) is 0 Å². The molecule has 1 aromatic rings. The summed E-state index contributed by atoms with van der Waals surface area (Å²) in [5, 5.41) is 0. The molecule has 0 aromatic carbocycles. The van der Waals surface area contributed by atoms with Crippen LogP contribution in [0.2, 0.25) is 0 Å². The lowest BCUT2D eigenvalue weighted by Crippen LogP contribution is -2.48. The van der Waals surface area contributed by atoms with Gasteiger partial charge in [0.15, 0.2) is 0 Å². The fourth-order valence-electron chi connectivity index (χ4n) is 2.96. The Kier molecular flexibility index (Phi) is 4.34. The van der Waals surface area contributed by atoms with E-state index in [4.69, 9.17) is 0 Å². The lowest BCUT2D eigenvalue weighted by atomic mass is 10.2. The Labute approximate surface area is 125 Å². The number of rotatable bonds is 3. The summed E-state index contributed by atoms with van der Waals surface area (Å²) < 4.78 is 0. The highest BCUT2D eigenvalue weighted by molar-refractivity contribution is 5.93. The van der Waals surface area contributed by atoms with Crippen LogP contribution in [0.4, 0.5) is 5.95 Å². The number of likely N-dealkylation sites (N-methyl/N-ethyl adjacent to an activating group) is 1. The zero-order valence-electron chi connectivity index (χ0n) is 12.7. The lowest BCUT2D eigenvalue weighted by molar-refractivity contribution is 0.0642. The molecular weight excluding hydrogens is 266 g/mol. The molecule has 6 heteroatoms. The Morgan fingerprint density at radius 2 is 1.67 bits per heavy atom. The van der Waals surface area contributed by atoms with Crippen LogP contribution in [0.1, 0.15) is 30.1 Å². The summed E-state index contributed by atoms with van der Waals surface area (Å²) in [5.41, 5.74) is 0.600. The molecule has 0 aliphatic carbocycles. The van der Waals surface area contributed by atoms with Crippen LogP contribution in [0.25, 0.3) is 0 Å². The van der Waals surface area contributed by atoms with Crippen molar-refractivity contribution < 1.29 is 4.79 Å². The van der Waals surface area contributed by atoms with E-state index in [1.807, 2.05) is 4.90 Å². The molecule has 2 saturated heterocycles. The number of hydrogen-bond donors (Lipinski definition) is 0. The summed E-state index contributed by atoms with van der Waals surface area (Å²) in [5.74, 6) is 0.804. The Balaban J connectivity index is 1.62. The van der Waals surface area contributed by atoms with Gasteiger partial charge in [0.25, 0.3) is 5.91 Å². The van der Waals surface area contributed by atoms with Gasteiger partial charge in [-0.15, -0.1) is 0 Å². The molecule has 2 fully saturated rings. The van der Waals surface area contributed by atoms with E-state index in [1.54, 1.807) is 12.4 Å². The summed E-state index contributed by atoms with van der Waals surface area (Å²) in [4.78, 5) is 27.6. The van der Waals surface area contributed by atoms with Crippen molar-refractivity contribution in [1.82, 2.24) is 19.8 Å². The minimum absolute atomic E-state index is 0.0544. The van der Waals surface area contributed by atoms with Gasteiger partial charge in [-0.05, 0) is 19.4 Å². The van der Waals surface area contributed by atoms with Crippen molar-refractivity contribution in [1.29, 1.82) is 0 Å². The second-order valence-electron chi connectivity index (χ2n) is 5.69. The first-order valence-corrected chi connectivity index (χ1v) is 7.86. The minimum Gasteiger partial charge on any atom is -0.341 e. The zero-order valence-corrected chi connectivity index (χ0v) is 12.7. The fraction of sp³-hybridized carbons (Fsp3) is 0.667. The standard InChI is InChI=1S/C15H23N5O/c1-2-18-7-9-19(10-8-18)14(21)13-11-16-15(17-12-13)20-5-3-4-6-20/h11-12H,2-10H2,1H3. The van der Waals surface area contributed by atoms with E-state index in [1.165, 1.54) is 12.8 Å². The normalized spacial score (nSPS) is 20.0. The minimum atomic E-state index is 0.0544. The summed E-state index contributed by atoms with van der Waals surface area (Å²) >= 11 is 0. The second kappa shape index (κ2) is 6.39. The van der Waals surface area contributed by atoms with E-state index >= 15 is 0 Å². The molecular formula is C15H23N5O. The Bertz CT molecular complexity index is 475. The van der Waals surface area contributed by atoms with Crippen molar-refractivity contribution >= 4 is 11.9 Å². The van der Waals surface area contributed by atoms with Crippen LogP contribution in [0.15, 0.2) is 12.4 Å². The van der Waals surface area contributed by atoms with Crippen molar-refractivity contribution in [2.45, 2.75) is 19.8 Å².